The maximum Gasteiger partial charge on any atom is 0.356 e. The molecule has 0 radical (unpaired) electrons. The molecule has 3 aliphatic heterocycles. The van der Waals surface area contributed by atoms with Crippen molar-refractivity contribution in [3.63, 3.8) is 0 Å². The third-order valence-electron chi connectivity index (χ3n) is 22.3. The first-order valence-electron chi connectivity index (χ1n) is 40.2. The van der Waals surface area contributed by atoms with E-state index in [0.29, 0.717) is 106 Å². The number of aromatic nitrogens is 15. The van der Waals surface area contributed by atoms with E-state index in [2.05, 4.69) is 69.5 Å². The van der Waals surface area contributed by atoms with Gasteiger partial charge in [0.25, 0.3) is 0 Å². The highest BCUT2D eigenvalue weighted by atomic mass is 35.5. The number of benzene rings is 2. The summed E-state index contributed by atoms with van der Waals surface area (Å²) in [5.41, 5.74) is 16.5. The summed E-state index contributed by atoms with van der Waals surface area (Å²) >= 11 is 21.9. The first-order valence-corrected chi connectivity index (χ1v) is 42.2. The van der Waals surface area contributed by atoms with Crippen molar-refractivity contribution in [1.29, 1.82) is 0 Å². The third-order valence-corrected chi connectivity index (χ3v) is 24.0. The Hall–Kier alpha value is -12.6. The number of phenols is 1. The number of aryl methyl sites for hydroxylation is 3. The summed E-state index contributed by atoms with van der Waals surface area (Å²) in [4.78, 5) is 146. The number of pyridine rings is 4. The van der Waals surface area contributed by atoms with Crippen molar-refractivity contribution in [3.05, 3.63) is 214 Å². The van der Waals surface area contributed by atoms with Crippen LogP contribution in [-0.4, -0.2) is 187 Å². The van der Waals surface area contributed by atoms with Gasteiger partial charge in [0.2, 0.25) is 17.7 Å². The molecule has 13 heterocycles. The molecule has 0 bridgehead atoms. The fourth-order valence-corrected chi connectivity index (χ4v) is 17.8. The molecule has 2 aromatic carbocycles. The number of hydrogen-bond donors (Lipinski definition) is 3. The summed E-state index contributed by atoms with van der Waals surface area (Å²) in [6.07, 6.45) is 8.31. The largest absolute Gasteiger partial charge is 0.507 e. The first kappa shape index (κ1) is 89.2. The van der Waals surface area contributed by atoms with Crippen LogP contribution >= 0.6 is 46.1 Å². The second-order valence-corrected chi connectivity index (χ2v) is 34.6. The van der Waals surface area contributed by atoms with Gasteiger partial charge < -0.3 is 46.0 Å². The minimum atomic E-state index is -0.747. The molecule has 36 heteroatoms. The van der Waals surface area contributed by atoms with Crippen LogP contribution in [0.5, 0.6) is 5.75 Å². The van der Waals surface area contributed by atoms with E-state index in [-0.39, 0.29) is 150 Å². The number of hydrogen-bond acceptors (Lipinski definition) is 25. The van der Waals surface area contributed by atoms with Crippen LogP contribution in [0.15, 0.2) is 138 Å². The molecule has 3 amide bonds. The lowest BCUT2D eigenvalue weighted by molar-refractivity contribution is -0.129. The molecule has 30 nitrogen and oxygen atoms in total. The number of piperazine rings is 3. The quantitative estimate of drug-likeness (QED) is 0.0802. The van der Waals surface area contributed by atoms with Crippen LogP contribution in [0.3, 0.4) is 0 Å². The number of thiazole rings is 1. The Morgan fingerprint density at radius 1 is 0.476 bits per heavy atom. The van der Waals surface area contributed by atoms with Crippen LogP contribution in [0.25, 0.3) is 84.1 Å². The van der Waals surface area contributed by atoms with E-state index in [1.165, 1.54) is 70.3 Å². The van der Waals surface area contributed by atoms with Crippen molar-refractivity contribution < 1.29 is 28.3 Å². The van der Waals surface area contributed by atoms with E-state index in [1.807, 2.05) is 126 Å². The summed E-state index contributed by atoms with van der Waals surface area (Å²) in [6.45, 7) is 42.6. The van der Waals surface area contributed by atoms with E-state index >= 15 is 4.39 Å². The molecule has 0 spiro atoms. The molecular formula is C88H94Cl3F2N23O7S. The van der Waals surface area contributed by atoms with Crippen molar-refractivity contribution in [2.24, 2.45) is 0 Å². The number of aromatic hydroxyl groups is 1. The van der Waals surface area contributed by atoms with Gasteiger partial charge in [0.15, 0.2) is 28.6 Å². The topological polar surface area (TPSA) is 364 Å². The minimum Gasteiger partial charge on any atom is -0.507 e. The Labute approximate surface area is 732 Å². The molecule has 5 N–H and O–H groups in total. The fourth-order valence-electron chi connectivity index (χ4n) is 16.2. The number of nitrogens with zero attached hydrogens (tertiary/aromatic N) is 21. The number of nitrogen functional groups attached to an aromatic ring is 2. The zero-order valence-electron chi connectivity index (χ0n) is 71.1. The molecule has 124 heavy (non-hydrogen) atoms. The van der Waals surface area contributed by atoms with Gasteiger partial charge in [-0.15, -0.1) is 11.3 Å². The molecule has 3 saturated heterocycles. The maximum atomic E-state index is 15.0. The lowest BCUT2D eigenvalue weighted by Crippen LogP contribution is -2.58. The van der Waals surface area contributed by atoms with Gasteiger partial charge in [-0.2, -0.15) is 15.0 Å². The Morgan fingerprint density at radius 2 is 0.855 bits per heavy atom. The molecule has 644 valence electrons. The zero-order chi connectivity index (χ0) is 89.8. The number of nitrogens with two attached hydrogens (primary N) is 2. The van der Waals surface area contributed by atoms with Gasteiger partial charge in [-0.1, -0.05) is 114 Å². The minimum absolute atomic E-state index is 0.0252. The second kappa shape index (κ2) is 36.1. The Balaban J connectivity index is 0.000000160. The summed E-state index contributed by atoms with van der Waals surface area (Å²) < 4.78 is 34.0. The van der Waals surface area contributed by atoms with Crippen LogP contribution in [0.1, 0.15) is 133 Å². The standard InChI is InChI=1S/C30H34ClN7O2S.C29H30ClFN8O3.C29H30ClFN8O2/c1-9-23(39)36-13-18(6)37(14-17(36)5)28-21-12-22(31)26(25-19(7)41-20(8)33-25)34-29(21)38(30(40)35-28)27-16(4)10-11-32-24(27)15(2)3;1-6-21(41)37-11-16(5)38(12-15(37)4)27-17-10-18(30)24(22-19(31)8-7-9-20(22)40)35-28(17)39(29(42)36-27)25-23(14(2)3)33-13-34-26(25)32;1-6-22(40)37-12-17(5)38(13-16(37)4)27-19-11-20(30)24(18-9-7-8-10-21(18)31)35-28(19)39(29(41)36-27)25-23(15(2)3)33-14-34-26(25)32/h9-12,15,17-18H,1,13-14H2,2-8H3;6-10,13-16,40H,1,11-12H2,2-5H3,(H2,32,33,34);6-11,14-17H,1,12-13H2,2-5H3,(H2,32,33,34). The summed E-state index contributed by atoms with van der Waals surface area (Å²) in [7, 11) is 0. The van der Waals surface area contributed by atoms with Gasteiger partial charge in [-0.25, -0.2) is 76.7 Å². The summed E-state index contributed by atoms with van der Waals surface area (Å²) in [5.74, 6) is -1.11. The van der Waals surface area contributed by atoms with Gasteiger partial charge in [0, 0.05) is 92.2 Å². The number of carbonyl (C=O) groups excluding carboxylic acids is 3. The number of amides is 3. The number of fused-ring (bicyclic) bond motifs is 3. The van der Waals surface area contributed by atoms with Gasteiger partial charge in [0.05, 0.1) is 76.0 Å². The molecule has 3 aliphatic rings. The Bertz CT molecular complexity index is 6480. The van der Waals surface area contributed by atoms with E-state index in [1.54, 1.807) is 61.1 Å². The lowest BCUT2D eigenvalue weighted by Gasteiger charge is -2.44. The predicted octanol–water partition coefficient (Wildman–Crippen LogP) is 14.0. The van der Waals surface area contributed by atoms with E-state index in [0.717, 1.165) is 21.1 Å². The van der Waals surface area contributed by atoms with Crippen LogP contribution in [0.4, 0.5) is 37.9 Å². The maximum absolute atomic E-state index is 15.0. The van der Waals surface area contributed by atoms with Crippen molar-refractivity contribution >= 4 is 126 Å². The van der Waals surface area contributed by atoms with Gasteiger partial charge in [0.1, 0.15) is 70.3 Å². The van der Waals surface area contributed by atoms with E-state index in [9.17, 15) is 38.3 Å². The third kappa shape index (κ3) is 16.8. The SMILES string of the molecule is C=CC(=O)N1CC(C)N(c2nc(=O)n(-c3c(C)ccnc3C(C)C)c3nc(-c4nc(C)sc4C)c(Cl)cc23)CC1C.C=CC(=O)N1CC(C)N(c2nc(=O)n(-c3c(N)ncnc3C(C)C)c3nc(-c4c(O)cccc4F)c(Cl)cc23)CC1C.C=CC(=O)N1CC(C)N(c2nc(=O)n(-c3c(N)ncnc3C(C)C)c3nc(-c4ccccc4F)c(Cl)cc23)CC1C. The lowest BCUT2D eigenvalue weighted by atomic mass is 10.0. The summed E-state index contributed by atoms with van der Waals surface area (Å²) in [5, 5.41) is 13.6. The molecule has 6 atom stereocenters. The number of rotatable bonds is 15. The number of halogens is 5. The number of anilines is 5. The van der Waals surface area contributed by atoms with Gasteiger partial charge in [-0.3, -0.25) is 19.4 Å². The highest BCUT2D eigenvalue weighted by Crippen LogP contribution is 2.44. The molecule has 6 unspecified atom stereocenters. The van der Waals surface area contributed by atoms with Gasteiger partial charge >= 0.3 is 17.1 Å². The zero-order valence-corrected chi connectivity index (χ0v) is 74.2. The molecule has 3 fully saturated rings. The normalized spacial score (nSPS) is 17.3. The molecule has 10 aromatic heterocycles. The highest BCUT2D eigenvalue weighted by Gasteiger charge is 2.39. The Morgan fingerprint density at radius 3 is 1.25 bits per heavy atom. The van der Waals surface area contributed by atoms with Crippen LogP contribution in [-0.2, 0) is 14.4 Å². The van der Waals surface area contributed by atoms with Crippen LogP contribution < -0.4 is 43.2 Å². The average Bonchev–Trinajstić information content (AvgIpc) is 0.839. The second-order valence-electron chi connectivity index (χ2n) is 31.9. The average molecular weight is 1760 g/mol. The molecule has 0 saturated carbocycles. The van der Waals surface area contributed by atoms with Crippen molar-refractivity contribution in [3.8, 4) is 56.7 Å². The molecule has 12 aromatic rings. The van der Waals surface area contributed by atoms with Crippen LogP contribution in [0, 0.1) is 32.4 Å². The fraction of sp³-hybridized carbons (Fsp3) is 0.341. The smallest absolute Gasteiger partial charge is 0.356 e. The van der Waals surface area contributed by atoms with E-state index < -0.39 is 28.7 Å². The highest BCUT2D eigenvalue weighted by molar-refractivity contribution is 7.11. The number of carbonyl (C=O) groups is 3. The van der Waals surface area contributed by atoms with Crippen molar-refractivity contribution in [2.45, 2.75) is 158 Å². The van der Waals surface area contributed by atoms with Gasteiger partial charge in [-0.05, 0) is 152 Å². The van der Waals surface area contributed by atoms with Crippen LogP contribution in [0.2, 0.25) is 15.1 Å². The molecule has 0 aliphatic carbocycles. The number of phenolic OH excluding ortho intramolecular Hbond substituents is 1. The van der Waals surface area contributed by atoms with Crippen molar-refractivity contribution in [1.82, 2.24) is 88.2 Å². The first-order chi connectivity index (χ1) is 58.9. The predicted molar refractivity (Wildman–Crippen MR) is 483 cm³/mol. The molecular weight excluding hydrogens is 1670 g/mol. The summed E-state index contributed by atoms with van der Waals surface area (Å²) in [6, 6.07) is 15.8. The Kier molecular flexibility index (Phi) is 25.9. The molecule has 15 rings (SSSR count). The monoisotopic (exact) mass is 1760 g/mol. The van der Waals surface area contributed by atoms with E-state index in [4.69, 9.17) is 61.2 Å². The van der Waals surface area contributed by atoms with Crippen molar-refractivity contribution in [2.75, 3.05) is 65.4 Å².